The Bertz CT molecular complexity index is 422. The van der Waals surface area contributed by atoms with Gasteiger partial charge >= 0.3 is 5.97 Å². The number of nitrogens with one attached hydrogen (secondary N) is 1. The molecule has 5 nitrogen and oxygen atoms in total. The van der Waals surface area contributed by atoms with Crippen LogP contribution in [0, 0.1) is 0 Å². The molecular formula is C14H24BrN3O2. The van der Waals surface area contributed by atoms with E-state index in [1.807, 2.05) is 31.6 Å². The number of hydrogen-bond acceptors (Lipinski definition) is 4. The van der Waals surface area contributed by atoms with Crippen molar-refractivity contribution in [2.24, 2.45) is 0 Å². The Morgan fingerprint density at radius 1 is 1.50 bits per heavy atom. The van der Waals surface area contributed by atoms with Crippen LogP contribution in [0.25, 0.3) is 0 Å². The van der Waals surface area contributed by atoms with Crippen LogP contribution in [0.15, 0.2) is 16.9 Å². The third-order valence-electron chi connectivity index (χ3n) is 3.21. The van der Waals surface area contributed by atoms with E-state index in [0.717, 1.165) is 36.8 Å². The van der Waals surface area contributed by atoms with Crippen molar-refractivity contribution in [2.75, 3.05) is 13.2 Å². The van der Waals surface area contributed by atoms with Crippen LogP contribution in [0.4, 0.5) is 0 Å². The summed E-state index contributed by atoms with van der Waals surface area (Å²) in [5.74, 6) is -0.163. The van der Waals surface area contributed by atoms with Gasteiger partial charge in [0.2, 0.25) is 0 Å². The van der Waals surface area contributed by atoms with Crippen molar-refractivity contribution in [2.45, 2.75) is 52.1 Å². The number of unbranched alkanes of at least 4 members (excludes halogenated alkanes) is 1. The first kappa shape index (κ1) is 17.2. The average molecular weight is 346 g/mol. The van der Waals surface area contributed by atoms with Gasteiger partial charge in [0.15, 0.2) is 0 Å². The van der Waals surface area contributed by atoms with E-state index in [0.29, 0.717) is 6.61 Å². The second kappa shape index (κ2) is 8.42. The molecule has 1 N–H and O–H groups in total. The molecule has 1 unspecified atom stereocenters. The first-order chi connectivity index (χ1) is 9.51. The lowest BCUT2D eigenvalue weighted by molar-refractivity contribution is -0.150. The molecule has 0 saturated carbocycles. The number of hydrogen-bond donors (Lipinski definition) is 1. The molecule has 0 fully saturated rings. The summed E-state index contributed by atoms with van der Waals surface area (Å²) in [6.07, 6.45) is 6.42. The molecule has 0 bridgehead atoms. The number of halogens is 1. The zero-order chi connectivity index (χ0) is 15.0. The molecule has 1 aromatic heterocycles. The summed E-state index contributed by atoms with van der Waals surface area (Å²) in [7, 11) is 0. The van der Waals surface area contributed by atoms with E-state index < -0.39 is 5.54 Å². The van der Waals surface area contributed by atoms with Crippen LogP contribution < -0.4 is 5.32 Å². The third kappa shape index (κ3) is 5.25. The van der Waals surface area contributed by atoms with Gasteiger partial charge in [0, 0.05) is 12.7 Å². The lowest BCUT2D eigenvalue weighted by atomic mass is 9.94. The van der Waals surface area contributed by atoms with Gasteiger partial charge in [-0.15, -0.1) is 0 Å². The standard InChI is InChI=1S/C14H24BrN3O2/c1-4-16-14(3,13(19)20-5-2)8-6-7-9-18-11-12(15)10-17-18/h10-11,16H,4-9H2,1-3H3. The highest BCUT2D eigenvalue weighted by Crippen LogP contribution is 2.17. The van der Waals surface area contributed by atoms with Crippen molar-refractivity contribution in [3.05, 3.63) is 16.9 Å². The molecule has 114 valence electrons. The molecule has 1 heterocycles. The molecule has 0 amide bonds. The molecule has 20 heavy (non-hydrogen) atoms. The molecule has 0 aliphatic carbocycles. The quantitative estimate of drug-likeness (QED) is 0.552. The summed E-state index contributed by atoms with van der Waals surface area (Å²) in [4.78, 5) is 12.0. The second-order valence-corrected chi connectivity index (χ2v) is 5.88. The maximum atomic E-state index is 12.0. The first-order valence-electron chi connectivity index (χ1n) is 7.12. The Balaban J connectivity index is 2.40. The average Bonchev–Trinajstić information content (AvgIpc) is 2.81. The van der Waals surface area contributed by atoms with Gasteiger partial charge < -0.3 is 10.1 Å². The predicted molar refractivity (Wildman–Crippen MR) is 82.5 cm³/mol. The van der Waals surface area contributed by atoms with Gasteiger partial charge in [0.05, 0.1) is 17.3 Å². The zero-order valence-corrected chi connectivity index (χ0v) is 14.1. The van der Waals surface area contributed by atoms with E-state index in [4.69, 9.17) is 4.74 Å². The Labute approximate surface area is 129 Å². The molecule has 0 aliphatic rings. The second-order valence-electron chi connectivity index (χ2n) is 4.96. The number of rotatable bonds is 9. The number of esters is 1. The van der Waals surface area contributed by atoms with Crippen LogP contribution in [-0.2, 0) is 16.1 Å². The van der Waals surface area contributed by atoms with E-state index in [1.165, 1.54) is 0 Å². The number of aromatic nitrogens is 2. The van der Waals surface area contributed by atoms with Gasteiger partial charge in [-0.25, -0.2) is 0 Å². The lowest BCUT2D eigenvalue weighted by Gasteiger charge is -2.28. The van der Waals surface area contributed by atoms with E-state index in [1.54, 1.807) is 6.20 Å². The Morgan fingerprint density at radius 3 is 2.80 bits per heavy atom. The van der Waals surface area contributed by atoms with E-state index in [9.17, 15) is 4.79 Å². The molecule has 0 aromatic carbocycles. The topological polar surface area (TPSA) is 56.2 Å². The zero-order valence-electron chi connectivity index (χ0n) is 12.5. The minimum absolute atomic E-state index is 0.163. The van der Waals surface area contributed by atoms with Crippen molar-refractivity contribution in [1.29, 1.82) is 0 Å². The minimum atomic E-state index is -0.588. The summed E-state index contributed by atoms with van der Waals surface area (Å²) >= 11 is 3.38. The Hall–Kier alpha value is -0.880. The van der Waals surface area contributed by atoms with Crippen molar-refractivity contribution in [3.63, 3.8) is 0 Å². The molecule has 1 atom stereocenters. The fraction of sp³-hybridized carbons (Fsp3) is 0.714. The van der Waals surface area contributed by atoms with Gasteiger partial charge in [0.1, 0.15) is 5.54 Å². The monoisotopic (exact) mass is 345 g/mol. The van der Waals surface area contributed by atoms with Crippen molar-refractivity contribution in [1.82, 2.24) is 15.1 Å². The first-order valence-corrected chi connectivity index (χ1v) is 7.91. The molecule has 1 rings (SSSR count). The number of carbonyl (C=O) groups is 1. The summed E-state index contributed by atoms with van der Waals surface area (Å²) < 4.78 is 8.04. The molecule has 6 heteroatoms. The van der Waals surface area contributed by atoms with Crippen LogP contribution in [0.1, 0.15) is 40.0 Å². The van der Waals surface area contributed by atoms with E-state index in [-0.39, 0.29) is 5.97 Å². The molecule has 0 saturated heterocycles. The fourth-order valence-corrected chi connectivity index (χ4v) is 2.48. The highest BCUT2D eigenvalue weighted by molar-refractivity contribution is 9.10. The summed E-state index contributed by atoms with van der Waals surface area (Å²) in [5.41, 5.74) is -0.588. The van der Waals surface area contributed by atoms with Gasteiger partial charge in [-0.05, 0) is 55.6 Å². The predicted octanol–water partition coefficient (Wildman–Crippen LogP) is 2.75. The van der Waals surface area contributed by atoms with Crippen molar-refractivity contribution >= 4 is 21.9 Å². The van der Waals surface area contributed by atoms with E-state index in [2.05, 4.69) is 26.3 Å². The highest BCUT2D eigenvalue weighted by atomic mass is 79.9. The largest absolute Gasteiger partial charge is 0.465 e. The van der Waals surface area contributed by atoms with Crippen LogP contribution in [0.2, 0.25) is 0 Å². The lowest BCUT2D eigenvalue weighted by Crippen LogP contribution is -2.50. The number of carbonyl (C=O) groups excluding carboxylic acids is 1. The molecule has 0 aliphatic heterocycles. The highest BCUT2D eigenvalue weighted by Gasteiger charge is 2.32. The number of likely N-dealkylation sites (N-methyl/N-ethyl adjacent to an activating group) is 1. The van der Waals surface area contributed by atoms with Crippen LogP contribution in [-0.4, -0.2) is 34.4 Å². The number of ether oxygens (including phenoxy) is 1. The maximum absolute atomic E-state index is 12.0. The summed E-state index contributed by atoms with van der Waals surface area (Å²) in [5, 5.41) is 7.46. The summed E-state index contributed by atoms with van der Waals surface area (Å²) in [6, 6.07) is 0. The van der Waals surface area contributed by atoms with Gasteiger partial charge in [-0.3, -0.25) is 9.48 Å². The smallest absolute Gasteiger partial charge is 0.326 e. The van der Waals surface area contributed by atoms with Crippen molar-refractivity contribution in [3.8, 4) is 0 Å². The Morgan fingerprint density at radius 2 is 2.25 bits per heavy atom. The maximum Gasteiger partial charge on any atom is 0.326 e. The van der Waals surface area contributed by atoms with E-state index >= 15 is 0 Å². The van der Waals surface area contributed by atoms with Gasteiger partial charge in [-0.1, -0.05) is 6.92 Å². The molecular weight excluding hydrogens is 322 g/mol. The normalized spacial score (nSPS) is 14.0. The molecule has 0 radical (unpaired) electrons. The number of nitrogens with zero attached hydrogens (tertiary/aromatic N) is 2. The van der Waals surface area contributed by atoms with Crippen molar-refractivity contribution < 1.29 is 9.53 Å². The number of aryl methyl sites for hydroxylation is 1. The fourth-order valence-electron chi connectivity index (χ4n) is 2.16. The summed E-state index contributed by atoms with van der Waals surface area (Å²) in [6.45, 7) is 7.77. The molecule has 0 spiro atoms. The van der Waals surface area contributed by atoms with Crippen LogP contribution >= 0.6 is 15.9 Å². The van der Waals surface area contributed by atoms with Crippen LogP contribution in [0.5, 0.6) is 0 Å². The SMILES string of the molecule is CCNC(C)(CCCCn1cc(Br)cn1)C(=O)OCC. The molecule has 1 aromatic rings. The van der Waals surface area contributed by atoms with Gasteiger partial charge in [0.25, 0.3) is 0 Å². The Kier molecular flexibility index (Phi) is 7.23. The third-order valence-corrected chi connectivity index (χ3v) is 3.62. The minimum Gasteiger partial charge on any atom is -0.465 e. The van der Waals surface area contributed by atoms with Crippen LogP contribution in [0.3, 0.4) is 0 Å². The van der Waals surface area contributed by atoms with Gasteiger partial charge in [-0.2, -0.15) is 5.10 Å².